The Bertz CT molecular complexity index is 936. The van der Waals surface area contributed by atoms with Gasteiger partial charge in [-0.15, -0.1) is 0 Å². The molecule has 0 unspecified atom stereocenters. The number of nitrogens with zero attached hydrogens (tertiary/aromatic N) is 1. The van der Waals surface area contributed by atoms with E-state index in [2.05, 4.69) is 24.5 Å². The summed E-state index contributed by atoms with van der Waals surface area (Å²) in [5, 5.41) is 5.86. The van der Waals surface area contributed by atoms with Crippen molar-refractivity contribution in [2.24, 2.45) is 5.92 Å². The van der Waals surface area contributed by atoms with E-state index in [0.717, 1.165) is 31.7 Å². The summed E-state index contributed by atoms with van der Waals surface area (Å²) < 4.78 is 5.64. The summed E-state index contributed by atoms with van der Waals surface area (Å²) in [6.07, 6.45) is 4.44. The van der Waals surface area contributed by atoms with Crippen molar-refractivity contribution in [1.82, 2.24) is 10.2 Å². The van der Waals surface area contributed by atoms with Gasteiger partial charge in [-0.3, -0.25) is 14.9 Å². The van der Waals surface area contributed by atoms with Gasteiger partial charge < -0.3 is 15.0 Å². The monoisotopic (exact) mass is 453 g/mol. The molecule has 2 aromatic carbocycles. The van der Waals surface area contributed by atoms with Crippen molar-refractivity contribution in [1.29, 1.82) is 0 Å². The van der Waals surface area contributed by atoms with Gasteiger partial charge in [0, 0.05) is 29.9 Å². The summed E-state index contributed by atoms with van der Waals surface area (Å²) in [5.41, 5.74) is 1.76. The molecule has 2 amide bonds. The number of thiocarbonyl (C=S) groups is 1. The van der Waals surface area contributed by atoms with E-state index in [4.69, 9.17) is 17.0 Å². The Kier molecular flexibility index (Phi) is 8.62. The van der Waals surface area contributed by atoms with Crippen LogP contribution in [-0.2, 0) is 0 Å². The first-order valence-electron chi connectivity index (χ1n) is 11.2. The Morgan fingerprint density at radius 1 is 1.00 bits per heavy atom. The van der Waals surface area contributed by atoms with E-state index in [1.165, 1.54) is 12.8 Å². The number of ether oxygens (including phenoxy) is 1. The summed E-state index contributed by atoms with van der Waals surface area (Å²) in [6, 6.07) is 14.2. The second-order valence-corrected chi connectivity index (χ2v) is 8.83. The van der Waals surface area contributed by atoms with E-state index in [9.17, 15) is 9.59 Å². The van der Waals surface area contributed by atoms with E-state index in [-0.39, 0.29) is 16.9 Å². The van der Waals surface area contributed by atoms with Crippen molar-refractivity contribution >= 4 is 34.8 Å². The Balaban J connectivity index is 1.56. The summed E-state index contributed by atoms with van der Waals surface area (Å²) in [5.74, 6) is 0.876. The Morgan fingerprint density at radius 3 is 2.34 bits per heavy atom. The minimum Gasteiger partial charge on any atom is -0.493 e. The molecule has 7 heteroatoms. The molecule has 0 aliphatic carbocycles. The van der Waals surface area contributed by atoms with E-state index >= 15 is 0 Å². The van der Waals surface area contributed by atoms with Gasteiger partial charge in [-0.1, -0.05) is 32.8 Å². The van der Waals surface area contributed by atoms with E-state index < -0.39 is 0 Å². The number of nitrogens with one attached hydrogen (secondary N) is 2. The predicted octanol–water partition coefficient (Wildman–Crippen LogP) is 4.86. The number of benzene rings is 2. The third kappa shape index (κ3) is 7.05. The van der Waals surface area contributed by atoms with Gasteiger partial charge in [-0.25, -0.2) is 0 Å². The second kappa shape index (κ2) is 11.6. The first-order chi connectivity index (χ1) is 15.4. The van der Waals surface area contributed by atoms with Crippen molar-refractivity contribution in [2.75, 3.05) is 25.0 Å². The van der Waals surface area contributed by atoms with Crippen LogP contribution >= 0.6 is 12.2 Å². The maximum atomic E-state index is 12.8. The molecular formula is C25H31N3O3S. The van der Waals surface area contributed by atoms with Crippen LogP contribution < -0.4 is 15.4 Å². The summed E-state index contributed by atoms with van der Waals surface area (Å²) in [7, 11) is 0. The molecule has 1 heterocycles. The molecule has 1 aliphatic heterocycles. The lowest BCUT2D eigenvalue weighted by Gasteiger charge is -2.20. The molecule has 1 aliphatic rings. The molecule has 6 nitrogen and oxygen atoms in total. The number of rotatable bonds is 6. The maximum Gasteiger partial charge on any atom is 0.257 e. The van der Waals surface area contributed by atoms with Crippen LogP contribution in [-0.4, -0.2) is 41.5 Å². The molecule has 1 fully saturated rings. The molecule has 3 rings (SSSR count). The quantitative estimate of drug-likeness (QED) is 0.611. The van der Waals surface area contributed by atoms with Gasteiger partial charge in [0.05, 0.1) is 6.61 Å². The van der Waals surface area contributed by atoms with Crippen LogP contribution in [0.5, 0.6) is 5.75 Å². The molecule has 2 aromatic rings. The van der Waals surface area contributed by atoms with Crippen LogP contribution in [0.2, 0.25) is 0 Å². The zero-order valence-corrected chi connectivity index (χ0v) is 19.5. The number of hydrogen-bond acceptors (Lipinski definition) is 4. The van der Waals surface area contributed by atoms with Gasteiger partial charge in [0.15, 0.2) is 5.11 Å². The van der Waals surface area contributed by atoms with Crippen LogP contribution in [0.4, 0.5) is 5.69 Å². The van der Waals surface area contributed by atoms with Gasteiger partial charge in [-0.05, 0) is 73.4 Å². The highest BCUT2D eigenvalue weighted by atomic mass is 32.1. The Hall–Kier alpha value is -2.93. The molecule has 2 N–H and O–H groups in total. The van der Waals surface area contributed by atoms with Crippen molar-refractivity contribution in [3.8, 4) is 5.75 Å². The van der Waals surface area contributed by atoms with Crippen molar-refractivity contribution in [3.05, 3.63) is 59.7 Å². The van der Waals surface area contributed by atoms with E-state index in [1.54, 1.807) is 30.3 Å². The molecule has 32 heavy (non-hydrogen) atoms. The van der Waals surface area contributed by atoms with Gasteiger partial charge in [0.25, 0.3) is 11.8 Å². The number of hydrogen-bond donors (Lipinski definition) is 2. The second-order valence-electron chi connectivity index (χ2n) is 8.42. The number of carbonyl (C=O) groups is 2. The standard InChI is InChI=1S/C25H31N3O3S/c1-18(2)17-31-22-12-10-19(11-13-22)23(29)27-25(32)26-21-9-7-8-20(16-21)24(30)28-14-5-3-4-6-15-28/h7-13,16,18H,3-6,14-15,17H2,1-2H3,(H2,26,27,29,32). The molecule has 170 valence electrons. The summed E-state index contributed by atoms with van der Waals surface area (Å²) in [6.45, 7) is 6.38. The fourth-order valence-corrected chi connectivity index (χ4v) is 3.70. The van der Waals surface area contributed by atoms with Crippen LogP contribution in [0.1, 0.15) is 60.2 Å². The van der Waals surface area contributed by atoms with Crippen molar-refractivity contribution in [3.63, 3.8) is 0 Å². The number of carbonyl (C=O) groups excluding carboxylic acids is 2. The third-order valence-corrected chi connectivity index (χ3v) is 5.39. The average molecular weight is 454 g/mol. The normalized spacial score (nSPS) is 13.9. The topological polar surface area (TPSA) is 70.7 Å². The van der Waals surface area contributed by atoms with Crippen molar-refractivity contribution < 1.29 is 14.3 Å². The summed E-state index contributed by atoms with van der Waals surface area (Å²) in [4.78, 5) is 27.3. The minimum absolute atomic E-state index is 0.0327. The maximum absolute atomic E-state index is 12.8. The highest BCUT2D eigenvalue weighted by Crippen LogP contribution is 2.17. The van der Waals surface area contributed by atoms with Crippen LogP contribution in [0.25, 0.3) is 0 Å². The summed E-state index contributed by atoms with van der Waals surface area (Å²) >= 11 is 5.30. The van der Waals surface area contributed by atoms with Gasteiger partial charge in [0.1, 0.15) is 5.75 Å². The van der Waals surface area contributed by atoms with Gasteiger partial charge in [-0.2, -0.15) is 0 Å². The van der Waals surface area contributed by atoms with Crippen molar-refractivity contribution in [2.45, 2.75) is 39.5 Å². The highest BCUT2D eigenvalue weighted by Gasteiger charge is 2.17. The zero-order valence-electron chi connectivity index (χ0n) is 18.7. The number of anilines is 1. The fraction of sp³-hybridized carbons (Fsp3) is 0.400. The molecule has 0 spiro atoms. The van der Waals surface area contributed by atoms with E-state index in [0.29, 0.717) is 29.3 Å². The molecule has 0 atom stereocenters. The molecular weight excluding hydrogens is 422 g/mol. The Labute approximate surface area is 195 Å². The molecule has 0 radical (unpaired) electrons. The zero-order chi connectivity index (χ0) is 22.9. The average Bonchev–Trinajstić information content (AvgIpc) is 3.07. The Morgan fingerprint density at radius 2 is 1.69 bits per heavy atom. The lowest BCUT2D eigenvalue weighted by Crippen LogP contribution is -2.34. The molecule has 0 bridgehead atoms. The number of amides is 2. The molecule has 1 saturated heterocycles. The van der Waals surface area contributed by atoms with Gasteiger partial charge in [0.2, 0.25) is 0 Å². The fourth-order valence-electron chi connectivity index (χ4n) is 3.49. The minimum atomic E-state index is -0.310. The first-order valence-corrected chi connectivity index (χ1v) is 11.6. The molecule has 0 saturated carbocycles. The lowest BCUT2D eigenvalue weighted by molar-refractivity contribution is 0.0761. The van der Waals surface area contributed by atoms with Crippen LogP contribution in [0.15, 0.2) is 48.5 Å². The first kappa shape index (κ1) is 23.7. The molecule has 0 aromatic heterocycles. The predicted molar refractivity (Wildman–Crippen MR) is 131 cm³/mol. The van der Waals surface area contributed by atoms with Gasteiger partial charge >= 0.3 is 0 Å². The lowest BCUT2D eigenvalue weighted by atomic mass is 10.1. The highest BCUT2D eigenvalue weighted by molar-refractivity contribution is 7.80. The SMILES string of the molecule is CC(C)COc1ccc(C(=O)NC(=S)Nc2cccc(C(=O)N3CCCCCC3)c2)cc1. The van der Waals surface area contributed by atoms with E-state index in [1.807, 2.05) is 23.1 Å². The number of likely N-dealkylation sites (tertiary alicyclic amines) is 1. The smallest absolute Gasteiger partial charge is 0.257 e. The largest absolute Gasteiger partial charge is 0.493 e. The van der Waals surface area contributed by atoms with Crippen LogP contribution in [0.3, 0.4) is 0 Å². The third-order valence-electron chi connectivity index (χ3n) is 5.19. The van der Waals surface area contributed by atoms with Crippen LogP contribution in [0, 0.1) is 5.92 Å².